The van der Waals surface area contributed by atoms with Crippen molar-refractivity contribution in [2.45, 2.75) is 39.0 Å². The van der Waals surface area contributed by atoms with Crippen molar-refractivity contribution in [1.82, 2.24) is 4.98 Å². The van der Waals surface area contributed by atoms with E-state index in [0.29, 0.717) is 11.4 Å². The van der Waals surface area contributed by atoms with Gasteiger partial charge in [0.2, 0.25) is 5.91 Å². The lowest BCUT2D eigenvalue weighted by atomic mass is 10.1. The third-order valence-corrected chi connectivity index (χ3v) is 6.20. The van der Waals surface area contributed by atoms with Crippen LogP contribution >= 0.6 is 11.3 Å². The Labute approximate surface area is 198 Å². The number of para-hydroxylation sites is 1. The van der Waals surface area contributed by atoms with Crippen molar-refractivity contribution >= 4 is 34.5 Å². The zero-order valence-electron chi connectivity index (χ0n) is 18.5. The third-order valence-electron chi connectivity index (χ3n) is 5.29. The molecule has 10 heteroatoms. The minimum absolute atomic E-state index is 0.366. The summed E-state index contributed by atoms with van der Waals surface area (Å²) < 4.78 is 45.5. The monoisotopic (exact) mass is 489 g/mol. The molecule has 1 atom stereocenters. The van der Waals surface area contributed by atoms with Gasteiger partial charge in [-0.25, -0.2) is 4.98 Å². The minimum atomic E-state index is -4.63. The Bertz CT molecular complexity index is 1230. The maximum absolute atomic E-state index is 13.3. The lowest BCUT2D eigenvalue weighted by Crippen LogP contribution is -2.47. The number of ether oxygens (including phenoxy) is 1. The first-order chi connectivity index (χ1) is 16.2. The molecule has 1 unspecified atom stereocenters. The number of halogens is 3. The number of anilines is 2. The number of aryl methyl sites for hydroxylation is 1. The number of nitrogens with zero attached hydrogens (tertiary/aromatic N) is 2. The Morgan fingerprint density at radius 1 is 1.24 bits per heavy atom. The highest BCUT2D eigenvalue weighted by Gasteiger charge is 2.35. The molecule has 34 heavy (non-hydrogen) atoms. The van der Waals surface area contributed by atoms with Crippen LogP contribution in [-0.4, -0.2) is 29.4 Å². The zero-order valence-corrected chi connectivity index (χ0v) is 19.3. The highest BCUT2D eigenvalue weighted by Crippen LogP contribution is 2.38. The molecule has 1 aromatic heterocycles. The number of carbonyl (C=O) groups is 2. The average Bonchev–Trinajstić information content (AvgIpc) is 3.25. The molecule has 0 saturated carbocycles. The average molecular weight is 490 g/mol. The predicted octanol–water partition coefficient (Wildman–Crippen LogP) is 5.53. The van der Waals surface area contributed by atoms with E-state index >= 15 is 0 Å². The van der Waals surface area contributed by atoms with E-state index in [-0.39, 0.29) is 5.69 Å². The summed E-state index contributed by atoms with van der Waals surface area (Å²) in [5.74, 6) is -0.813. The van der Waals surface area contributed by atoms with Gasteiger partial charge in [0.15, 0.2) is 6.10 Å². The molecule has 0 aliphatic carbocycles. The van der Waals surface area contributed by atoms with Crippen LogP contribution in [-0.2, 0) is 22.2 Å². The molecule has 2 aromatic carbocycles. The summed E-state index contributed by atoms with van der Waals surface area (Å²) in [6, 6.07) is 9.94. The number of carbonyl (C=O) groups excluding carboxylic acids is 2. The van der Waals surface area contributed by atoms with Crippen molar-refractivity contribution in [3.8, 4) is 17.0 Å². The van der Waals surface area contributed by atoms with Crippen LogP contribution < -0.4 is 15.0 Å². The first kappa shape index (κ1) is 23.7. The van der Waals surface area contributed by atoms with E-state index in [9.17, 15) is 22.8 Å². The van der Waals surface area contributed by atoms with Gasteiger partial charge in [-0.1, -0.05) is 19.1 Å². The summed E-state index contributed by atoms with van der Waals surface area (Å²) in [4.78, 5) is 31.4. The third kappa shape index (κ3) is 4.91. The zero-order chi connectivity index (χ0) is 24.5. The van der Waals surface area contributed by atoms with E-state index in [1.54, 1.807) is 30.4 Å². The molecule has 1 aliphatic heterocycles. The van der Waals surface area contributed by atoms with Crippen molar-refractivity contribution in [1.29, 1.82) is 0 Å². The number of thiazole rings is 1. The van der Waals surface area contributed by atoms with Crippen LogP contribution in [0.25, 0.3) is 11.3 Å². The van der Waals surface area contributed by atoms with Crippen LogP contribution in [0, 0.1) is 0 Å². The molecule has 178 valence electrons. The summed E-state index contributed by atoms with van der Waals surface area (Å²) >= 11 is 1.54. The Morgan fingerprint density at radius 2 is 2.00 bits per heavy atom. The van der Waals surface area contributed by atoms with Gasteiger partial charge in [-0.2, -0.15) is 13.2 Å². The first-order valence-electron chi connectivity index (χ1n) is 10.7. The Hall–Kier alpha value is -3.40. The summed E-state index contributed by atoms with van der Waals surface area (Å²) in [5.41, 5.74) is 0.527. The fourth-order valence-corrected chi connectivity index (χ4v) is 4.58. The molecule has 1 aliphatic rings. The fourth-order valence-electron chi connectivity index (χ4n) is 3.67. The van der Waals surface area contributed by atoms with Gasteiger partial charge in [0.05, 0.1) is 27.6 Å². The summed E-state index contributed by atoms with van der Waals surface area (Å²) in [6.07, 6.45) is -3.64. The summed E-state index contributed by atoms with van der Waals surface area (Å²) in [7, 11) is 0. The number of fused-ring (bicyclic) bond motifs is 1. The molecule has 0 radical (unpaired) electrons. The van der Waals surface area contributed by atoms with Gasteiger partial charge in [0.1, 0.15) is 12.3 Å². The standard InChI is InChI=1S/C24H22F3N3O3S/c1-3-6-22-29-18(13-34-22)15-9-10-20-19(11-15)30(23(32)14(2)33-20)12-21(31)28-17-8-5-4-7-16(17)24(25,26)27/h4-5,7-11,13-14H,3,6,12H2,1-2H3,(H,28,31). The normalized spacial score (nSPS) is 15.6. The van der Waals surface area contributed by atoms with Crippen LogP contribution in [0.1, 0.15) is 30.8 Å². The molecule has 0 spiro atoms. The van der Waals surface area contributed by atoms with Gasteiger partial charge in [-0.15, -0.1) is 11.3 Å². The minimum Gasteiger partial charge on any atom is -0.479 e. The number of rotatable bonds is 6. The smallest absolute Gasteiger partial charge is 0.418 e. The van der Waals surface area contributed by atoms with Crippen molar-refractivity contribution < 1.29 is 27.5 Å². The molecule has 6 nitrogen and oxygen atoms in total. The Balaban J connectivity index is 1.61. The number of hydrogen-bond donors (Lipinski definition) is 1. The van der Waals surface area contributed by atoms with Crippen molar-refractivity contribution in [2.75, 3.05) is 16.8 Å². The number of nitrogens with one attached hydrogen (secondary N) is 1. The fraction of sp³-hybridized carbons (Fsp3) is 0.292. The lowest BCUT2D eigenvalue weighted by Gasteiger charge is -2.33. The number of amides is 2. The highest BCUT2D eigenvalue weighted by atomic mass is 32.1. The first-order valence-corrected chi connectivity index (χ1v) is 11.6. The molecule has 4 rings (SSSR count). The summed E-state index contributed by atoms with van der Waals surface area (Å²) in [5, 5.41) is 5.21. The van der Waals surface area contributed by atoms with Gasteiger partial charge < -0.3 is 10.1 Å². The van der Waals surface area contributed by atoms with Crippen LogP contribution in [0.15, 0.2) is 47.8 Å². The lowest BCUT2D eigenvalue weighted by molar-refractivity contribution is -0.137. The molecule has 2 amide bonds. The van der Waals surface area contributed by atoms with Gasteiger partial charge in [-0.05, 0) is 50.1 Å². The van der Waals surface area contributed by atoms with E-state index in [2.05, 4.69) is 17.2 Å². The molecule has 0 bridgehead atoms. The van der Waals surface area contributed by atoms with Gasteiger partial charge in [-0.3, -0.25) is 14.5 Å². The second-order valence-corrected chi connectivity index (χ2v) is 8.78. The van der Waals surface area contributed by atoms with Crippen LogP contribution in [0.2, 0.25) is 0 Å². The highest BCUT2D eigenvalue weighted by molar-refractivity contribution is 7.09. The molecule has 3 aromatic rings. The molecule has 1 N–H and O–H groups in total. The number of aromatic nitrogens is 1. The van der Waals surface area contributed by atoms with Crippen molar-refractivity contribution in [2.24, 2.45) is 0 Å². The topological polar surface area (TPSA) is 71.5 Å². The largest absolute Gasteiger partial charge is 0.479 e. The van der Waals surface area contributed by atoms with E-state index < -0.39 is 36.2 Å². The maximum Gasteiger partial charge on any atom is 0.418 e. The predicted molar refractivity (Wildman–Crippen MR) is 124 cm³/mol. The maximum atomic E-state index is 13.3. The Morgan fingerprint density at radius 3 is 2.74 bits per heavy atom. The van der Waals surface area contributed by atoms with E-state index in [4.69, 9.17) is 4.74 Å². The van der Waals surface area contributed by atoms with E-state index in [1.807, 2.05) is 11.4 Å². The molecule has 0 saturated heterocycles. The quantitative estimate of drug-likeness (QED) is 0.494. The van der Waals surface area contributed by atoms with E-state index in [1.165, 1.54) is 23.1 Å². The van der Waals surface area contributed by atoms with Gasteiger partial charge in [0.25, 0.3) is 5.91 Å². The van der Waals surface area contributed by atoms with Crippen molar-refractivity contribution in [3.63, 3.8) is 0 Å². The van der Waals surface area contributed by atoms with Gasteiger partial charge >= 0.3 is 6.18 Å². The van der Waals surface area contributed by atoms with Gasteiger partial charge in [0, 0.05) is 10.9 Å². The second-order valence-electron chi connectivity index (χ2n) is 7.83. The van der Waals surface area contributed by atoms with Crippen LogP contribution in [0.5, 0.6) is 5.75 Å². The number of alkyl halides is 3. The SMILES string of the molecule is CCCc1nc(-c2ccc3c(c2)N(CC(=O)Nc2ccccc2C(F)(F)F)C(=O)C(C)O3)cs1. The van der Waals surface area contributed by atoms with Crippen molar-refractivity contribution in [3.05, 3.63) is 58.4 Å². The number of benzene rings is 2. The molecule has 2 heterocycles. The molecule has 0 fully saturated rings. The Kier molecular flexibility index (Phi) is 6.60. The molecular formula is C24H22F3N3O3S. The molecular weight excluding hydrogens is 467 g/mol. The second kappa shape index (κ2) is 9.46. The number of hydrogen-bond acceptors (Lipinski definition) is 5. The van der Waals surface area contributed by atoms with E-state index in [0.717, 1.165) is 35.2 Å². The summed E-state index contributed by atoms with van der Waals surface area (Å²) in [6.45, 7) is 3.16. The van der Waals surface area contributed by atoms with Crippen LogP contribution in [0.3, 0.4) is 0 Å². The van der Waals surface area contributed by atoms with Crippen LogP contribution in [0.4, 0.5) is 24.5 Å².